The van der Waals surface area contributed by atoms with Crippen LogP contribution in [-0.4, -0.2) is 96.5 Å². The average molecular weight is 760 g/mol. The summed E-state index contributed by atoms with van der Waals surface area (Å²) < 4.78 is 52.5. The zero-order valence-corrected chi connectivity index (χ0v) is 30.5. The Morgan fingerprint density at radius 1 is 1.06 bits per heavy atom. The van der Waals surface area contributed by atoms with Gasteiger partial charge >= 0.3 is 12.1 Å². The number of hydrogen-bond donors (Lipinski definition) is 3. The minimum atomic E-state index is -3.93. The first-order chi connectivity index (χ1) is 25.3. The standard InChI is InChI=1S/C36H46FN5O10S/c1-51-31(44)14-8-13-30(43)38-28-12-6-4-2-3-5-10-23-18-36(23,34(47)40-53(49,50)25-15-16-25)39-32(45)29-17-24(20-42(29)33(28)46)52-35(48)41-19-22-9-7-11-27(37)26(22)21-41/h5,7,9-11,23-25,28-29H,2-4,6,8,12-21H2,1H3,(H,38,43)(H,39,45)(H,40,47)/b10-5-/t23-,24-,28+,29+,36-/m1/s1. The van der Waals surface area contributed by atoms with E-state index in [0.717, 1.165) is 6.42 Å². The molecule has 3 N–H and O–H groups in total. The van der Waals surface area contributed by atoms with Crippen LogP contribution in [0.3, 0.4) is 0 Å². The van der Waals surface area contributed by atoms with Crippen LogP contribution in [0.2, 0.25) is 0 Å². The van der Waals surface area contributed by atoms with Crippen molar-refractivity contribution < 1.29 is 51.0 Å². The number of esters is 1. The van der Waals surface area contributed by atoms with Gasteiger partial charge in [-0.3, -0.25) is 33.6 Å². The molecule has 0 bridgehead atoms. The second kappa shape index (κ2) is 15.8. The summed E-state index contributed by atoms with van der Waals surface area (Å²) >= 11 is 0. The number of nitrogens with zero attached hydrogens (tertiary/aromatic N) is 2. The number of methoxy groups -OCH3 is 1. The van der Waals surface area contributed by atoms with E-state index >= 15 is 0 Å². The van der Waals surface area contributed by atoms with E-state index in [2.05, 4.69) is 20.1 Å². The van der Waals surface area contributed by atoms with Gasteiger partial charge in [0.2, 0.25) is 27.7 Å². The molecule has 6 rings (SSSR count). The van der Waals surface area contributed by atoms with Crippen molar-refractivity contribution >= 4 is 45.7 Å². The lowest BCUT2D eigenvalue weighted by molar-refractivity contribution is -0.143. The second-order valence-corrected chi connectivity index (χ2v) is 16.5. The number of rotatable bonds is 9. The summed E-state index contributed by atoms with van der Waals surface area (Å²) in [5, 5.41) is 4.88. The maximum Gasteiger partial charge on any atom is 0.410 e. The van der Waals surface area contributed by atoms with Gasteiger partial charge in [-0.25, -0.2) is 17.6 Å². The van der Waals surface area contributed by atoms with E-state index in [0.29, 0.717) is 43.2 Å². The number of ether oxygens (including phenoxy) is 2. The van der Waals surface area contributed by atoms with Crippen molar-refractivity contribution in [2.24, 2.45) is 5.92 Å². The molecule has 288 valence electrons. The van der Waals surface area contributed by atoms with Crippen LogP contribution in [0.5, 0.6) is 0 Å². The molecule has 2 saturated carbocycles. The van der Waals surface area contributed by atoms with Gasteiger partial charge in [0.1, 0.15) is 29.5 Å². The Morgan fingerprint density at radius 2 is 1.85 bits per heavy atom. The van der Waals surface area contributed by atoms with Crippen LogP contribution in [0.15, 0.2) is 30.4 Å². The van der Waals surface area contributed by atoms with E-state index < -0.39 is 86.4 Å². The van der Waals surface area contributed by atoms with Crippen LogP contribution in [0.25, 0.3) is 0 Å². The molecule has 3 aliphatic heterocycles. The number of carbonyl (C=O) groups excluding carboxylic acids is 6. The predicted molar refractivity (Wildman–Crippen MR) is 185 cm³/mol. The SMILES string of the molecule is COC(=O)CCCC(=O)N[C@H]1CCCCC/C=C\[C@@H]2C[C@@]2(C(=O)NS(=O)(=O)C2CC2)NC(=O)[C@@H]2C[C@@H](OC(=O)N3Cc4cccc(F)c4C3)CN2C1=O. The number of halogens is 1. The Labute approximate surface area is 307 Å². The Hall–Kier alpha value is -4.54. The summed E-state index contributed by atoms with van der Waals surface area (Å²) in [5.41, 5.74) is -0.553. The minimum Gasteiger partial charge on any atom is -0.469 e. The number of sulfonamides is 1. The number of amides is 5. The van der Waals surface area contributed by atoms with Crippen LogP contribution < -0.4 is 15.4 Å². The molecule has 3 heterocycles. The van der Waals surface area contributed by atoms with Crippen LogP contribution in [0.1, 0.15) is 88.2 Å². The zero-order valence-electron chi connectivity index (χ0n) is 29.6. The predicted octanol–water partition coefficient (Wildman–Crippen LogP) is 2.08. The van der Waals surface area contributed by atoms with Crippen LogP contribution >= 0.6 is 0 Å². The maximum absolute atomic E-state index is 14.4. The molecule has 1 aromatic rings. The molecule has 5 atom stereocenters. The number of fused-ring (bicyclic) bond motifs is 3. The van der Waals surface area contributed by atoms with Gasteiger partial charge in [-0.15, -0.1) is 0 Å². The van der Waals surface area contributed by atoms with Crippen LogP contribution in [0.4, 0.5) is 9.18 Å². The van der Waals surface area contributed by atoms with Gasteiger partial charge in [-0.05, 0) is 56.6 Å². The number of hydrogen-bond acceptors (Lipinski definition) is 10. The van der Waals surface area contributed by atoms with Gasteiger partial charge in [0.25, 0.3) is 5.91 Å². The first-order valence-corrected chi connectivity index (χ1v) is 19.8. The highest BCUT2D eigenvalue weighted by Gasteiger charge is 2.62. The van der Waals surface area contributed by atoms with E-state index in [1.165, 1.54) is 23.0 Å². The van der Waals surface area contributed by atoms with Crippen molar-refractivity contribution in [3.63, 3.8) is 0 Å². The molecule has 1 aromatic carbocycles. The third kappa shape index (κ3) is 8.82. The fourth-order valence-corrected chi connectivity index (χ4v) is 8.70. The number of nitrogens with one attached hydrogen (secondary N) is 3. The zero-order chi connectivity index (χ0) is 37.9. The van der Waals surface area contributed by atoms with Gasteiger partial charge in [0.05, 0.1) is 25.4 Å². The van der Waals surface area contributed by atoms with Crippen molar-refractivity contribution in [3.8, 4) is 0 Å². The maximum atomic E-state index is 14.4. The van der Waals surface area contributed by atoms with E-state index in [1.807, 2.05) is 6.08 Å². The molecule has 0 unspecified atom stereocenters. The third-order valence-corrected chi connectivity index (χ3v) is 12.5. The average Bonchev–Trinajstić information content (AvgIpc) is 4.00. The highest BCUT2D eigenvalue weighted by atomic mass is 32.2. The normalized spacial score (nSPS) is 27.9. The van der Waals surface area contributed by atoms with Crippen molar-refractivity contribution in [2.45, 2.75) is 119 Å². The van der Waals surface area contributed by atoms with Crippen molar-refractivity contribution in [1.29, 1.82) is 0 Å². The summed E-state index contributed by atoms with van der Waals surface area (Å²) in [7, 11) is -2.68. The minimum absolute atomic E-state index is 0.0134. The quantitative estimate of drug-likeness (QED) is 0.248. The number of benzene rings is 1. The lowest BCUT2D eigenvalue weighted by Gasteiger charge is -2.30. The first kappa shape index (κ1) is 38.2. The molecule has 3 fully saturated rings. The highest BCUT2D eigenvalue weighted by Crippen LogP contribution is 2.46. The Morgan fingerprint density at radius 3 is 2.58 bits per heavy atom. The smallest absolute Gasteiger partial charge is 0.410 e. The number of allylic oxidation sites excluding steroid dienone is 1. The molecular weight excluding hydrogens is 713 g/mol. The molecule has 53 heavy (non-hydrogen) atoms. The van der Waals surface area contributed by atoms with Gasteiger partial charge in [-0.2, -0.15) is 0 Å². The molecule has 0 aromatic heterocycles. The van der Waals surface area contributed by atoms with Crippen molar-refractivity contribution in [1.82, 2.24) is 25.2 Å². The van der Waals surface area contributed by atoms with Crippen molar-refractivity contribution in [2.75, 3.05) is 13.7 Å². The fourth-order valence-electron chi connectivity index (χ4n) is 7.34. The molecule has 0 radical (unpaired) electrons. The third-order valence-electron chi connectivity index (χ3n) is 10.6. The first-order valence-electron chi connectivity index (χ1n) is 18.2. The second-order valence-electron chi connectivity index (χ2n) is 14.5. The lowest BCUT2D eigenvalue weighted by Crippen LogP contribution is -2.58. The molecular formula is C36H46FN5O10S. The molecule has 0 spiro atoms. The Bertz CT molecular complexity index is 1780. The van der Waals surface area contributed by atoms with Gasteiger partial charge in [-0.1, -0.05) is 37.1 Å². The Kier molecular flexibility index (Phi) is 11.4. The molecule has 2 aliphatic carbocycles. The summed E-state index contributed by atoms with van der Waals surface area (Å²) in [6.07, 6.45) is 5.95. The van der Waals surface area contributed by atoms with Crippen LogP contribution in [-0.2, 0) is 56.6 Å². The highest BCUT2D eigenvalue weighted by molar-refractivity contribution is 7.91. The molecule has 17 heteroatoms. The number of carbonyl (C=O) groups is 6. The fraction of sp³-hybridized carbons (Fsp3) is 0.611. The van der Waals surface area contributed by atoms with E-state index in [1.54, 1.807) is 18.2 Å². The summed E-state index contributed by atoms with van der Waals surface area (Å²) in [6, 6.07) is 2.29. The monoisotopic (exact) mass is 759 g/mol. The van der Waals surface area contributed by atoms with Crippen LogP contribution in [0, 0.1) is 11.7 Å². The largest absolute Gasteiger partial charge is 0.469 e. The Balaban J connectivity index is 1.23. The van der Waals surface area contributed by atoms with Gasteiger partial charge in [0.15, 0.2) is 0 Å². The van der Waals surface area contributed by atoms with Gasteiger partial charge < -0.3 is 25.0 Å². The summed E-state index contributed by atoms with van der Waals surface area (Å²) in [5.74, 6) is -4.04. The van der Waals surface area contributed by atoms with E-state index in [4.69, 9.17) is 4.74 Å². The lowest BCUT2D eigenvalue weighted by atomic mass is 10.0. The summed E-state index contributed by atoms with van der Waals surface area (Å²) in [6.45, 7) is -0.1000. The summed E-state index contributed by atoms with van der Waals surface area (Å²) in [4.78, 5) is 82.6. The van der Waals surface area contributed by atoms with Crippen molar-refractivity contribution in [3.05, 3.63) is 47.3 Å². The topological polar surface area (TPSA) is 198 Å². The molecule has 15 nitrogen and oxygen atoms in total. The molecule has 5 amide bonds. The van der Waals surface area contributed by atoms with Gasteiger partial charge in [0, 0.05) is 37.3 Å². The molecule has 1 saturated heterocycles. The van der Waals surface area contributed by atoms with E-state index in [-0.39, 0.29) is 58.2 Å². The molecule has 5 aliphatic rings. The van der Waals surface area contributed by atoms with E-state index in [9.17, 15) is 41.6 Å².